The average molecular weight is 437 g/mol. The van der Waals surface area contributed by atoms with Crippen molar-refractivity contribution in [3.8, 4) is 45.3 Å². The third-order valence-corrected chi connectivity index (χ3v) is 5.77. The molecule has 6 aromatic rings. The number of fused-ring (bicyclic) bond motifs is 1. The summed E-state index contributed by atoms with van der Waals surface area (Å²) in [6.07, 6.45) is 1.92. The Morgan fingerprint density at radius 1 is 0.382 bits per heavy atom. The molecule has 6 rings (SSSR count). The van der Waals surface area contributed by atoms with Crippen LogP contribution in [-0.4, -0.2) is 19.9 Å². The predicted molar refractivity (Wildman–Crippen MR) is 137 cm³/mol. The molecule has 2 aromatic heterocycles. The second-order valence-corrected chi connectivity index (χ2v) is 8.03. The summed E-state index contributed by atoms with van der Waals surface area (Å²) in [4.78, 5) is 19.0. The summed E-state index contributed by atoms with van der Waals surface area (Å²) in [6.45, 7) is 0. The molecule has 0 radical (unpaired) electrons. The van der Waals surface area contributed by atoms with E-state index in [0.29, 0.717) is 17.5 Å². The van der Waals surface area contributed by atoms with Gasteiger partial charge in [-0.15, -0.1) is 0 Å². The Kier molecular flexibility index (Phi) is 5.09. The molecular formula is C30H20N4. The summed E-state index contributed by atoms with van der Waals surface area (Å²) < 4.78 is 0. The van der Waals surface area contributed by atoms with Crippen molar-refractivity contribution in [2.24, 2.45) is 0 Å². The summed E-state index contributed by atoms with van der Waals surface area (Å²) in [5.74, 6) is 1.97. The highest BCUT2D eigenvalue weighted by atomic mass is 15.0. The normalized spacial score (nSPS) is 10.9. The molecule has 4 aromatic carbocycles. The molecule has 0 N–H and O–H groups in total. The number of hydrogen-bond acceptors (Lipinski definition) is 4. The molecule has 0 atom stereocenters. The molecule has 0 saturated heterocycles. The lowest BCUT2D eigenvalue weighted by Gasteiger charge is -2.09. The summed E-state index contributed by atoms with van der Waals surface area (Å²) in [6, 6.07) is 38.6. The lowest BCUT2D eigenvalue weighted by atomic mass is 10.0. The quantitative estimate of drug-likeness (QED) is 0.296. The van der Waals surface area contributed by atoms with E-state index in [1.807, 2.05) is 85.1 Å². The van der Waals surface area contributed by atoms with E-state index >= 15 is 0 Å². The van der Waals surface area contributed by atoms with Crippen LogP contribution in [0.3, 0.4) is 0 Å². The first-order valence-electron chi connectivity index (χ1n) is 11.2. The molecule has 4 heteroatoms. The van der Waals surface area contributed by atoms with Gasteiger partial charge < -0.3 is 0 Å². The maximum atomic E-state index is 4.81. The minimum atomic E-state index is 0.649. The Balaban J connectivity index is 1.42. The van der Waals surface area contributed by atoms with Gasteiger partial charge in [-0.2, -0.15) is 0 Å². The maximum absolute atomic E-state index is 4.81. The van der Waals surface area contributed by atoms with Gasteiger partial charge in [-0.1, -0.05) is 103 Å². The van der Waals surface area contributed by atoms with E-state index in [1.165, 1.54) is 0 Å². The third kappa shape index (κ3) is 3.93. The lowest BCUT2D eigenvalue weighted by Crippen LogP contribution is -2.00. The van der Waals surface area contributed by atoms with Crippen LogP contribution in [0.15, 0.2) is 121 Å². The Bertz CT molecular complexity index is 1520. The Morgan fingerprint density at radius 3 is 1.44 bits per heavy atom. The molecule has 0 amide bonds. The summed E-state index contributed by atoms with van der Waals surface area (Å²) >= 11 is 0. The maximum Gasteiger partial charge on any atom is 0.164 e. The van der Waals surface area contributed by atoms with E-state index < -0.39 is 0 Å². The molecule has 0 bridgehead atoms. The second-order valence-electron chi connectivity index (χ2n) is 8.03. The Labute approximate surface area is 197 Å². The highest BCUT2D eigenvalue weighted by molar-refractivity contribution is 5.83. The molecule has 0 aliphatic rings. The molecule has 160 valence electrons. The van der Waals surface area contributed by atoms with Crippen LogP contribution in [0.4, 0.5) is 0 Å². The molecule has 0 aliphatic carbocycles. The molecule has 0 spiro atoms. The monoisotopic (exact) mass is 436 g/mol. The van der Waals surface area contributed by atoms with Crippen LogP contribution >= 0.6 is 0 Å². The molecule has 0 unspecified atom stereocenters. The zero-order valence-corrected chi connectivity index (χ0v) is 18.3. The second kappa shape index (κ2) is 8.68. The first kappa shape index (κ1) is 19.9. The highest BCUT2D eigenvalue weighted by Gasteiger charge is 2.12. The zero-order chi connectivity index (χ0) is 22.7. The number of aromatic nitrogens is 4. The van der Waals surface area contributed by atoms with E-state index in [1.54, 1.807) is 0 Å². The van der Waals surface area contributed by atoms with Crippen LogP contribution in [0.2, 0.25) is 0 Å². The molecule has 4 nitrogen and oxygen atoms in total. The summed E-state index contributed by atoms with van der Waals surface area (Å²) in [7, 11) is 0. The fourth-order valence-corrected chi connectivity index (χ4v) is 3.98. The van der Waals surface area contributed by atoms with Gasteiger partial charge in [0.2, 0.25) is 0 Å². The molecule has 2 heterocycles. The van der Waals surface area contributed by atoms with Gasteiger partial charge in [-0.25, -0.2) is 15.0 Å². The number of hydrogen-bond donors (Lipinski definition) is 0. The van der Waals surface area contributed by atoms with Gasteiger partial charge in [-0.05, 0) is 17.7 Å². The zero-order valence-electron chi connectivity index (χ0n) is 18.3. The molecule has 0 saturated carbocycles. The van der Waals surface area contributed by atoms with Crippen molar-refractivity contribution in [3.63, 3.8) is 0 Å². The van der Waals surface area contributed by atoms with Crippen molar-refractivity contribution in [2.75, 3.05) is 0 Å². The van der Waals surface area contributed by atoms with Crippen LogP contribution in [0, 0.1) is 0 Å². The van der Waals surface area contributed by atoms with Crippen LogP contribution in [-0.2, 0) is 0 Å². The first-order valence-corrected chi connectivity index (χ1v) is 11.2. The fraction of sp³-hybridized carbons (Fsp3) is 0. The van der Waals surface area contributed by atoms with Crippen molar-refractivity contribution in [2.45, 2.75) is 0 Å². The molecule has 34 heavy (non-hydrogen) atoms. The lowest BCUT2D eigenvalue weighted by molar-refractivity contribution is 1.07. The Morgan fingerprint density at radius 2 is 0.853 bits per heavy atom. The third-order valence-electron chi connectivity index (χ3n) is 5.77. The van der Waals surface area contributed by atoms with Gasteiger partial charge in [-0.3, -0.25) is 4.98 Å². The number of benzene rings is 4. The van der Waals surface area contributed by atoms with Crippen molar-refractivity contribution in [1.29, 1.82) is 0 Å². The Hall–Kier alpha value is -4.70. The van der Waals surface area contributed by atoms with Gasteiger partial charge in [0.1, 0.15) is 0 Å². The topological polar surface area (TPSA) is 51.6 Å². The van der Waals surface area contributed by atoms with Crippen LogP contribution in [0.5, 0.6) is 0 Å². The summed E-state index contributed by atoms with van der Waals surface area (Å²) in [5.41, 5.74) is 6.03. The van der Waals surface area contributed by atoms with Crippen molar-refractivity contribution >= 4 is 10.9 Å². The minimum absolute atomic E-state index is 0.649. The van der Waals surface area contributed by atoms with Gasteiger partial charge >= 0.3 is 0 Å². The fourth-order valence-electron chi connectivity index (χ4n) is 3.98. The van der Waals surface area contributed by atoms with E-state index in [-0.39, 0.29) is 0 Å². The average Bonchev–Trinajstić information content (AvgIpc) is 2.93. The first-order chi connectivity index (χ1) is 16.8. The highest BCUT2D eigenvalue weighted by Crippen LogP contribution is 2.28. The smallest absolute Gasteiger partial charge is 0.164 e. The van der Waals surface area contributed by atoms with E-state index in [4.69, 9.17) is 15.0 Å². The van der Waals surface area contributed by atoms with E-state index in [9.17, 15) is 0 Å². The number of pyridine rings is 1. The van der Waals surface area contributed by atoms with Crippen LogP contribution < -0.4 is 0 Å². The van der Waals surface area contributed by atoms with Gasteiger partial charge in [0.05, 0.1) is 5.52 Å². The van der Waals surface area contributed by atoms with Gasteiger partial charge in [0.15, 0.2) is 17.5 Å². The largest absolute Gasteiger partial charge is 0.256 e. The van der Waals surface area contributed by atoms with Crippen molar-refractivity contribution in [3.05, 3.63) is 121 Å². The molecule has 0 aliphatic heterocycles. The predicted octanol–water partition coefficient (Wildman–Crippen LogP) is 7.09. The summed E-state index contributed by atoms with van der Waals surface area (Å²) in [5, 5.41) is 1.13. The van der Waals surface area contributed by atoms with Gasteiger partial charge in [0, 0.05) is 33.8 Å². The van der Waals surface area contributed by atoms with Crippen molar-refractivity contribution in [1.82, 2.24) is 19.9 Å². The van der Waals surface area contributed by atoms with Crippen LogP contribution in [0.1, 0.15) is 0 Å². The molecular weight excluding hydrogens is 416 g/mol. The van der Waals surface area contributed by atoms with Gasteiger partial charge in [0.25, 0.3) is 0 Å². The number of para-hydroxylation sites is 1. The van der Waals surface area contributed by atoms with E-state index in [2.05, 4.69) is 41.4 Å². The van der Waals surface area contributed by atoms with E-state index in [0.717, 1.165) is 38.7 Å². The molecule has 0 fully saturated rings. The van der Waals surface area contributed by atoms with Crippen molar-refractivity contribution < 1.29 is 0 Å². The number of nitrogens with zero attached hydrogens (tertiary/aromatic N) is 4. The minimum Gasteiger partial charge on any atom is -0.256 e. The SMILES string of the molecule is c1ccc(-c2nc(-c3ccccc3)nc(-c3ccc(-c4cnc5ccccc5c4)cc3)n2)cc1. The van der Waals surface area contributed by atoms with Crippen LogP contribution in [0.25, 0.3) is 56.2 Å². The number of rotatable bonds is 4. The standard InChI is InChI=1S/C30H20N4/c1-3-9-22(10-4-1)28-32-29(23-11-5-2-6-12-23)34-30(33-28)24-17-15-21(16-18-24)26-19-25-13-7-8-14-27(25)31-20-26/h1-20H.